The highest BCUT2D eigenvalue weighted by Gasteiger charge is 2.05. The second kappa shape index (κ2) is 10.9. The first kappa shape index (κ1) is 15.4. The molecule has 0 heterocycles. The van der Waals surface area contributed by atoms with Crippen LogP contribution < -0.4 is 11.1 Å². The molecule has 0 saturated heterocycles. The van der Waals surface area contributed by atoms with Crippen LogP contribution in [0.1, 0.15) is 46.0 Å². The minimum Gasteiger partial charge on any atom is -0.369 e. The summed E-state index contributed by atoms with van der Waals surface area (Å²) in [5, 5.41) is 2.68. The largest absolute Gasteiger partial charge is 0.369 e. The summed E-state index contributed by atoms with van der Waals surface area (Å²) in [5.41, 5.74) is 5.27. The Labute approximate surface area is 98.9 Å². The maximum atomic E-state index is 11.2. The second-order valence-electron chi connectivity index (χ2n) is 4.11. The monoisotopic (exact) mass is 230 g/mol. The summed E-state index contributed by atoms with van der Waals surface area (Å²) in [6.45, 7) is 5.35. The van der Waals surface area contributed by atoms with Crippen LogP contribution in [0.5, 0.6) is 0 Å². The van der Waals surface area contributed by atoms with Crippen molar-refractivity contribution in [3.05, 3.63) is 0 Å². The van der Waals surface area contributed by atoms with E-state index >= 15 is 0 Å². The molecule has 0 radical (unpaired) electrons. The van der Waals surface area contributed by atoms with Crippen LogP contribution in [0, 0.1) is 0 Å². The van der Waals surface area contributed by atoms with E-state index in [1.807, 2.05) is 6.92 Å². The molecule has 1 amide bonds. The van der Waals surface area contributed by atoms with Crippen molar-refractivity contribution in [1.29, 1.82) is 0 Å². The van der Waals surface area contributed by atoms with Gasteiger partial charge < -0.3 is 15.8 Å². The van der Waals surface area contributed by atoms with Crippen molar-refractivity contribution < 1.29 is 9.53 Å². The smallest absolute Gasteiger partial charge is 0.246 e. The molecule has 0 aliphatic rings. The first-order valence-corrected chi connectivity index (χ1v) is 6.29. The number of unbranched alkanes of at least 4 members (excludes halogenated alkanes) is 3. The second-order valence-corrected chi connectivity index (χ2v) is 4.11. The van der Waals surface area contributed by atoms with E-state index in [1.165, 1.54) is 25.7 Å². The molecule has 0 aromatic rings. The van der Waals surface area contributed by atoms with Gasteiger partial charge >= 0.3 is 0 Å². The van der Waals surface area contributed by atoms with Crippen LogP contribution in [0.25, 0.3) is 0 Å². The fourth-order valence-corrected chi connectivity index (χ4v) is 1.42. The Morgan fingerprint density at radius 2 is 2.12 bits per heavy atom. The Kier molecular flexibility index (Phi) is 10.5. The third kappa shape index (κ3) is 9.93. The van der Waals surface area contributed by atoms with Gasteiger partial charge in [-0.15, -0.1) is 0 Å². The zero-order valence-corrected chi connectivity index (χ0v) is 10.6. The van der Waals surface area contributed by atoms with Gasteiger partial charge in [0.2, 0.25) is 5.91 Å². The Morgan fingerprint density at radius 3 is 2.75 bits per heavy atom. The molecule has 0 bridgehead atoms. The summed E-state index contributed by atoms with van der Waals surface area (Å²) in [5.74, 6) is -0.0779. The molecule has 0 aliphatic heterocycles. The molecule has 0 aromatic carbocycles. The molecule has 1 unspecified atom stereocenters. The van der Waals surface area contributed by atoms with Crippen molar-refractivity contribution in [2.24, 2.45) is 5.73 Å². The number of rotatable bonds is 10. The van der Waals surface area contributed by atoms with Gasteiger partial charge in [-0.05, 0) is 13.3 Å². The standard InChI is InChI=1S/C12H26N2O2/c1-3-4-5-6-7-11(2)16-10-12(15)14-9-8-13/h11H,3-10,13H2,1-2H3,(H,14,15). The topological polar surface area (TPSA) is 64.3 Å². The molecule has 0 aliphatic carbocycles. The highest BCUT2D eigenvalue weighted by atomic mass is 16.5. The van der Waals surface area contributed by atoms with Gasteiger partial charge in [0.25, 0.3) is 0 Å². The first-order chi connectivity index (χ1) is 7.70. The molecule has 1 atom stereocenters. The molecule has 16 heavy (non-hydrogen) atoms. The van der Waals surface area contributed by atoms with E-state index in [2.05, 4.69) is 12.2 Å². The normalized spacial score (nSPS) is 12.4. The molecular formula is C12H26N2O2. The number of hydrogen-bond donors (Lipinski definition) is 2. The van der Waals surface area contributed by atoms with Gasteiger partial charge in [0.05, 0.1) is 6.10 Å². The lowest BCUT2D eigenvalue weighted by Gasteiger charge is -2.12. The molecule has 0 rings (SSSR count). The van der Waals surface area contributed by atoms with E-state index in [-0.39, 0.29) is 18.6 Å². The number of hydrogen-bond acceptors (Lipinski definition) is 3. The van der Waals surface area contributed by atoms with Crippen molar-refractivity contribution in [3.63, 3.8) is 0 Å². The maximum Gasteiger partial charge on any atom is 0.246 e. The van der Waals surface area contributed by atoms with Crippen LogP contribution in [-0.2, 0) is 9.53 Å². The predicted octanol–water partition coefficient (Wildman–Crippen LogP) is 1.44. The van der Waals surface area contributed by atoms with Gasteiger partial charge in [0, 0.05) is 13.1 Å². The van der Waals surface area contributed by atoms with Crippen molar-refractivity contribution in [2.75, 3.05) is 19.7 Å². The molecule has 4 nitrogen and oxygen atoms in total. The van der Waals surface area contributed by atoms with Crippen molar-refractivity contribution in [1.82, 2.24) is 5.32 Å². The Bertz CT molecular complexity index is 174. The summed E-state index contributed by atoms with van der Waals surface area (Å²) in [6, 6.07) is 0. The van der Waals surface area contributed by atoms with Crippen LogP contribution in [0.4, 0.5) is 0 Å². The number of carbonyl (C=O) groups is 1. The number of ether oxygens (including phenoxy) is 1. The molecular weight excluding hydrogens is 204 g/mol. The minimum absolute atomic E-state index is 0.0779. The summed E-state index contributed by atoms with van der Waals surface area (Å²) in [4.78, 5) is 11.2. The zero-order chi connectivity index (χ0) is 12.2. The lowest BCUT2D eigenvalue weighted by Crippen LogP contribution is -2.33. The van der Waals surface area contributed by atoms with Crippen LogP contribution in [0.3, 0.4) is 0 Å². The molecule has 0 fully saturated rings. The molecule has 3 N–H and O–H groups in total. The highest BCUT2D eigenvalue weighted by Crippen LogP contribution is 2.07. The quantitative estimate of drug-likeness (QED) is 0.558. The van der Waals surface area contributed by atoms with E-state index in [1.54, 1.807) is 0 Å². The number of nitrogens with two attached hydrogens (primary N) is 1. The Morgan fingerprint density at radius 1 is 1.38 bits per heavy atom. The third-order valence-corrected chi connectivity index (χ3v) is 2.43. The lowest BCUT2D eigenvalue weighted by molar-refractivity contribution is -0.127. The van der Waals surface area contributed by atoms with Crippen molar-refractivity contribution >= 4 is 5.91 Å². The SMILES string of the molecule is CCCCCCC(C)OCC(=O)NCCN. The first-order valence-electron chi connectivity index (χ1n) is 6.29. The fourth-order valence-electron chi connectivity index (χ4n) is 1.42. The average molecular weight is 230 g/mol. The van der Waals surface area contributed by atoms with Gasteiger partial charge in [-0.2, -0.15) is 0 Å². The van der Waals surface area contributed by atoms with Crippen LogP contribution in [0.2, 0.25) is 0 Å². The van der Waals surface area contributed by atoms with E-state index in [9.17, 15) is 4.79 Å². The van der Waals surface area contributed by atoms with E-state index in [0.29, 0.717) is 13.1 Å². The van der Waals surface area contributed by atoms with Gasteiger partial charge in [-0.25, -0.2) is 0 Å². The summed E-state index contributed by atoms with van der Waals surface area (Å²) >= 11 is 0. The van der Waals surface area contributed by atoms with Gasteiger partial charge in [0.1, 0.15) is 6.61 Å². The van der Waals surface area contributed by atoms with Crippen molar-refractivity contribution in [2.45, 2.75) is 52.1 Å². The number of nitrogens with one attached hydrogen (secondary N) is 1. The Hall–Kier alpha value is -0.610. The van der Waals surface area contributed by atoms with Gasteiger partial charge in [-0.3, -0.25) is 4.79 Å². The molecule has 4 heteroatoms. The molecule has 96 valence electrons. The summed E-state index contributed by atoms with van der Waals surface area (Å²) in [7, 11) is 0. The van der Waals surface area contributed by atoms with Gasteiger partial charge in [0.15, 0.2) is 0 Å². The zero-order valence-electron chi connectivity index (χ0n) is 10.6. The highest BCUT2D eigenvalue weighted by molar-refractivity contribution is 5.77. The predicted molar refractivity (Wildman–Crippen MR) is 66.2 cm³/mol. The summed E-state index contributed by atoms with van der Waals surface area (Å²) in [6.07, 6.45) is 6.16. The van der Waals surface area contributed by atoms with E-state index in [4.69, 9.17) is 10.5 Å². The van der Waals surface area contributed by atoms with Crippen LogP contribution in [0.15, 0.2) is 0 Å². The number of carbonyl (C=O) groups excluding carboxylic acids is 1. The minimum atomic E-state index is -0.0779. The Balaban J connectivity index is 3.34. The number of amides is 1. The molecule has 0 aromatic heterocycles. The fraction of sp³-hybridized carbons (Fsp3) is 0.917. The summed E-state index contributed by atoms with van der Waals surface area (Å²) < 4.78 is 5.43. The third-order valence-electron chi connectivity index (χ3n) is 2.43. The lowest BCUT2D eigenvalue weighted by atomic mass is 10.1. The van der Waals surface area contributed by atoms with Gasteiger partial charge in [-0.1, -0.05) is 32.6 Å². The van der Waals surface area contributed by atoms with E-state index in [0.717, 1.165) is 6.42 Å². The van der Waals surface area contributed by atoms with Crippen LogP contribution >= 0.6 is 0 Å². The van der Waals surface area contributed by atoms with Crippen LogP contribution in [-0.4, -0.2) is 31.7 Å². The van der Waals surface area contributed by atoms with E-state index < -0.39 is 0 Å². The molecule has 0 saturated carbocycles. The maximum absolute atomic E-state index is 11.2. The molecule has 0 spiro atoms. The average Bonchev–Trinajstić information content (AvgIpc) is 2.29. The van der Waals surface area contributed by atoms with Crippen molar-refractivity contribution in [3.8, 4) is 0 Å².